The molecule has 0 saturated carbocycles. The zero-order valence-corrected chi connectivity index (χ0v) is 13.6. The van der Waals surface area contributed by atoms with Crippen LogP contribution in [0.5, 0.6) is 0 Å². The summed E-state index contributed by atoms with van der Waals surface area (Å²) in [7, 11) is 0. The number of ketones is 1. The van der Waals surface area contributed by atoms with Gasteiger partial charge in [-0.3, -0.25) is 4.79 Å². The molecule has 0 radical (unpaired) electrons. The molecule has 2 rings (SSSR count). The molecule has 0 N–H and O–H groups in total. The number of hydrogen-bond donors (Lipinski definition) is 0. The second-order valence-electron chi connectivity index (χ2n) is 4.17. The Balaban J connectivity index is 1.96. The molecule has 0 aliphatic carbocycles. The highest BCUT2D eigenvalue weighted by molar-refractivity contribution is 9.10. The van der Waals surface area contributed by atoms with E-state index in [0.717, 1.165) is 9.37 Å². The van der Waals surface area contributed by atoms with Crippen LogP contribution in [-0.4, -0.2) is 11.5 Å². The molecular formula is C15H11BrClFOS. The van der Waals surface area contributed by atoms with Crippen LogP contribution in [0.3, 0.4) is 0 Å². The van der Waals surface area contributed by atoms with E-state index < -0.39 is 0 Å². The van der Waals surface area contributed by atoms with Crippen LogP contribution < -0.4 is 0 Å². The largest absolute Gasteiger partial charge is 0.298 e. The summed E-state index contributed by atoms with van der Waals surface area (Å²) >= 11 is 10.8. The highest BCUT2D eigenvalue weighted by atomic mass is 79.9. The monoisotopic (exact) mass is 372 g/mol. The summed E-state index contributed by atoms with van der Waals surface area (Å²) in [6.07, 6.45) is 0.147. The van der Waals surface area contributed by atoms with Crippen LogP contribution in [0, 0.1) is 5.82 Å². The van der Waals surface area contributed by atoms with Crippen LogP contribution in [0.2, 0.25) is 5.02 Å². The molecule has 1 nitrogen and oxygen atoms in total. The molecular weight excluding hydrogens is 363 g/mol. The number of benzene rings is 2. The molecule has 0 bridgehead atoms. The van der Waals surface area contributed by atoms with Crippen molar-refractivity contribution in [1.29, 1.82) is 0 Å². The first-order valence-corrected chi connectivity index (χ1v) is 8.05. The van der Waals surface area contributed by atoms with Gasteiger partial charge in [0.05, 0.1) is 5.75 Å². The summed E-state index contributed by atoms with van der Waals surface area (Å²) < 4.78 is 14.1. The summed E-state index contributed by atoms with van der Waals surface area (Å²) in [5.74, 6) is -0.0379. The number of Topliss-reactive ketones (excluding diaryl/α,β-unsaturated/α-hetero) is 1. The van der Waals surface area contributed by atoms with Crippen molar-refractivity contribution in [1.82, 2.24) is 0 Å². The van der Waals surface area contributed by atoms with Crippen molar-refractivity contribution in [2.45, 2.75) is 11.3 Å². The number of carbonyl (C=O) groups is 1. The van der Waals surface area contributed by atoms with Crippen LogP contribution in [-0.2, 0) is 11.2 Å². The topological polar surface area (TPSA) is 17.1 Å². The molecule has 0 aliphatic heterocycles. The normalized spacial score (nSPS) is 10.6. The summed E-state index contributed by atoms with van der Waals surface area (Å²) in [6.45, 7) is 0. The first-order chi connectivity index (χ1) is 9.56. The molecule has 104 valence electrons. The fraction of sp³-hybridized carbons (Fsp3) is 0.133. The first kappa shape index (κ1) is 15.5. The zero-order chi connectivity index (χ0) is 14.5. The van der Waals surface area contributed by atoms with Crippen molar-refractivity contribution in [3.05, 3.63) is 63.3 Å². The molecule has 0 fully saturated rings. The van der Waals surface area contributed by atoms with Crippen molar-refractivity contribution < 1.29 is 9.18 Å². The van der Waals surface area contributed by atoms with Gasteiger partial charge in [-0.1, -0.05) is 23.7 Å². The van der Waals surface area contributed by atoms with E-state index in [1.54, 1.807) is 0 Å². The number of halogens is 3. The Morgan fingerprint density at radius 2 is 2.00 bits per heavy atom. The predicted octanol–water partition coefficient (Wildman–Crippen LogP) is 5.15. The molecule has 0 aliphatic rings. The molecule has 0 amide bonds. The number of rotatable bonds is 5. The summed E-state index contributed by atoms with van der Waals surface area (Å²) in [5, 5.41) is 0.422. The zero-order valence-electron chi connectivity index (χ0n) is 10.4. The Labute approximate surface area is 134 Å². The SMILES string of the molecule is O=C(CSc1ccccc1Br)Cc1cc(F)ccc1Cl. The molecule has 0 spiro atoms. The van der Waals surface area contributed by atoms with Gasteiger partial charge in [0, 0.05) is 20.8 Å². The Kier molecular flexibility index (Phi) is 5.64. The van der Waals surface area contributed by atoms with Gasteiger partial charge in [-0.05, 0) is 51.8 Å². The van der Waals surface area contributed by atoms with Gasteiger partial charge in [-0.25, -0.2) is 4.39 Å². The number of thioether (sulfide) groups is 1. The van der Waals surface area contributed by atoms with Crippen molar-refractivity contribution >= 4 is 45.1 Å². The van der Waals surface area contributed by atoms with E-state index >= 15 is 0 Å². The number of carbonyl (C=O) groups excluding carboxylic acids is 1. The van der Waals surface area contributed by atoms with E-state index in [2.05, 4.69) is 15.9 Å². The van der Waals surface area contributed by atoms with Crippen LogP contribution in [0.15, 0.2) is 51.8 Å². The third-order valence-electron chi connectivity index (χ3n) is 2.62. The Morgan fingerprint density at radius 3 is 2.75 bits per heavy atom. The maximum atomic E-state index is 13.1. The standard InChI is InChI=1S/C15H11BrClFOS/c16-13-3-1-2-4-15(13)20-9-12(19)8-10-7-11(18)5-6-14(10)17/h1-7H,8-9H2. The minimum Gasteiger partial charge on any atom is -0.298 e. The molecule has 0 aromatic heterocycles. The molecule has 0 atom stereocenters. The molecule has 5 heteroatoms. The van der Waals surface area contributed by atoms with E-state index in [9.17, 15) is 9.18 Å². The van der Waals surface area contributed by atoms with Crippen molar-refractivity contribution in [3.8, 4) is 0 Å². The Morgan fingerprint density at radius 1 is 1.25 bits per heavy atom. The fourth-order valence-corrected chi connectivity index (χ4v) is 3.27. The fourth-order valence-electron chi connectivity index (χ4n) is 1.66. The van der Waals surface area contributed by atoms with E-state index in [1.165, 1.54) is 30.0 Å². The molecule has 2 aromatic carbocycles. The molecule has 20 heavy (non-hydrogen) atoms. The summed E-state index contributed by atoms with van der Waals surface area (Å²) in [4.78, 5) is 12.9. The summed E-state index contributed by atoms with van der Waals surface area (Å²) in [6, 6.07) is 11.8. The third kappa shape index (κ3) is 4.33. The van der Waals surface area contributed by atoms with Gasteiger partial charge in [0.25, 0.3) is 0 Å². The highest BCUT2D eigenvalue weighted by Crippen LogP contribution is 2.27. The van der Waals surface area contributed by atoms with Gasteiger partial charge in [-0.2, -0.15) is 0 Å². The van der Waals surface area contributed by atoms with Gasteiger partial charge >= 0.3 is 0 Å². The average molecular weight is 374 g/mol. The average Bonchev–Trinajstić information content (AvgIpc) is 2.42. The van der Waals surface area contributed by atoms with E-state index in [4.69, 9.17) is 11.6 Å². The highest BCUT2D eigenvalue weighted by Gasteiger charge is 2.10. The van der Waals surface area contributed by atoms with Crippen molar-refractivity contribution in [3.63, 3.8) is 0 Å². The Bertz CT molecular complexity index is 633. The summed E-state index contributed by atoms with van der Waals surface area (Å²) in [5.41, 5.74) is 0.532. The molecule has 0 heterocycles. The first-order valence-electron chi connectivity index (χ1n) is 5.89. The van der Waals surface area contributed by atoms with Crippen LogP contribution >= 0.6 is 39.3 Å². The van der Waals surface area contributed by atoms with E-state index in [-0.39, 0.29) is 18.0 Å². The lowest BCUT2D eigenvalue weighted by Gasteiger charge is -2.05. The van der Waals surface area contributed by atoms with Gasteiger partial charge < -0.3 is 0 Å². The van der Waals surface area contributed by atoms with Crippen LogP contribution in [0.1, 0.15) is 5.56 Å². The maximum Gasteiger partial charge on any atom is 0.147 e. The lowest BCUT2D eigenvalue weighted by atomic mass is 10.1. The number of hydrogen-bond acceptors (Lipinski definition) is 2. The van der Waals surface area contributed by atoms with Gasteiger partial charge in [0.15, 0.2) is 0 Å². The molecule has 0 unspecified atom stereocenters. The predicted molar refractivity (Wildman–Crippen MR) is 85.0 cm³/mol. The van der Waals surface area contributed by atoms with Crippen LogP contribution in [0.4, 0.5) is 4.39 Å². The second-order valence-corrected chi connectivity index (χ2v) is 6.45. The minimum atomic E-state index is -0.379. The van der Waals surface area contributed by atoms with E-state index in [0.29, 0.717) is 16.3 Å². The van der Waals surface area contributed by atoms with Crippen molar-refractivity contribution in [2.24, 2.45) is 0 Å². The quantitative estimate of drug-likeness (QED) is 0.675. The van der Waals surface area contributed by atoms with Crippen molar-refractivity contribution in [2.75, 3.05) is 5.75 Å². The second kappa shape index (κ2) is 7.25. The minimum absolute atomic E-state index is 0.0123. The van der Waals surface area contributed by atoms with E-state index in [1.807, 2.05) is 24.3 Å². The third-order valence-corrected chi connectivity index (χ3v) is 5.08. The smallest absolute Gasteiger partial charge is 0.147 e. The Hall–Kier alpha value is -0.840. The molecule has 2 aromatic rings. The molecule has 0 saturated heterocycles. The lowest BCUT2D eigenvalue weighted by Crippen LogP contribution is -2.06. The van der Waals surface area contributed by atoms with Gasteiger partial charge in [0.1, 0.15) is 11.6 Å². The lowest BCUT2D eigenvalue weighted by molar-refractivity contribution is -0.116. The maximum absolute atomic E-state index is 13.1. The van der Waals surface area contributed by atoms with Gasteiger partial charge in [0.2, 0.25) is 0 Å². The van der Waals surface area contributed by atoms with Crippen LogP contribution in [0.25, 0.3) is 0 Å². The van der Waals surface area contributed by atoms with Gasteiger partial charge in [-0.15, -0.1) is 11.8 Å².